The Kier molecular flexibility index (Phi) is 6.63. The molecular weight excluding hydrogens is 348 g/mol. The molecule has 1 amide bonds. The molecule has 0 spiro atoms. The fourth-order valence-electron chi connectivity index (χ4n) is 1.75. The van der Waals surface area contributed by atoms with Crippen molar-refractivity contribution in [2.75, 3.05) is 5.32 Å². The second kappa shape index (κ2) is 8.70. The van der Waals surface area contributed by atoms with Crippen molar-refractivity contribution in [3.05, 3.63) is 53.7 Å². The average molecular weight is 365 g/mol. The number of thioether (sulfide) groups is 1. The number of ether oxygens (including phenoxy) is 1. The number of rotatable bonds is 6. The topological polar surface area (TPSA) is 68.3 Å². The molecule has 0 fully saturated rings. The van der Waals surface area contributed by atoms with E-state index in [1.165, 1.54) is 24.9 Å². The molecule has 1 heterocycles. The molecule has 2 aromatic rings. The van der Waals surface area contributed by atoms with Crippen LogP contribution in [0.5, 0.6) is 0 Å². The highest BCUT2D eigenvalue weighted by Gasteiger charge is 2.23. The highest BCUT2D eigenvalue weighted by atomic mass is 35.5. The zero-order valence-electron chi connectivity index (χ0n) is 13.2. The summed E-state index contributed by atoms with van der Waals surface area (Å²) in [4.78, 5) is 29.1. The van der Waals surface area contributed by atoms with Gasteiger partial charge in [0.2, 0.25) is 0 Å². The molecule has 24 heavy (non-hydrogen) atoms. The highest BCUT2D eigenvalue weighted by molar-refractivity contribution is 8.00. The summed E-state index contributed by atoms with van der Waals surface area (Å²) in [6.07, 6.45) is 0.501. The van der Waals surface area contributed by atoms with Gasteiger partial charge in [0.1, 0.15) is 11.1 Å². The van der Waals surface area contributed by atoms with Crippen LogP contribution >= 0.6 is 23.4 Å². The molecule has 7 heteroatoms. The van der Waals surface area contributed by atoms with Crippen molar-refractivity contribution < 1.29 is 14.3 Å². The maximum atomic E-state index is 12.1. The molecule has 1 aromatic carbocycles. The minimum Gasteiger partial charge on any atom is -0.452 e. The quantitative estimate of drug-likeness (QED) is 0.624. The molecule has 0 bridgehead atoms. The van der Waals surface area contributed by atoms with Gasteiger partial charge in [-0.3, -0.25) is 9.59 Å². The van der Waals surface area contributed by atoms with Gasteiger partial charge in [0.05, 0.1) is 5.02 Å². The molecular formula is C17H17ClN2O3S. The highest BCUT2D eigenvalue weighted by Crippen LogP contribution is 2.23. The molecule has 0 saturated carbocycles. The Bertz CT molecular complexity index is 695. The number of nitrogens with zero attached hydrogens (tertiary/aromatic N) is 1. The Morgan fingerprint density at radius 1 is 1.17 bits per heavy atom. The lowest BCUT2D eigenvalue weighted by molar-refractivity contribution is -0.152. The number of nitrogens with one attached hydrogen (secondary N) is 1. The van der Waals surface area contributed by atoms with Crippen LogP contribution in [0.4, 0.5) is 5.82 Å². The fourth-order valence-corrected chi connectivity index (χ4v) is 2.74. The van der Waals surface area contributed by atoms with E-state index in [9.17, 15) is 9.59 Å². The number of benzene rings is 1. The Hall–Kier alpha value is -2.05. The Morgan fingerprint density at radius 3 is 2.50 bits per heavy atom. The van der Waals surface area contributed by atoms with Crippen LogP contribution in [0.25, 0.3) is 0 Å². The van der Waals surface area contributed by atoms with Gasteiger partial charge in [-0.25, -0.2) is 4.98 Å². The molecule has 1 N–H and O–H groups in total. The molecule has 0 aliphatic heterocycles. The van der Waals surface area contributed by atoms with Gasteiger partial charge in [-0.2, -0.15) is 0 Å². The van der Waals surface area contributed by atoms with Crippen molar-refractivity contribution in [2.45, 2.75) is 30.1 Å². The van der Waals surface area contributed by atoms with Crippen molar-refractivity contribution in [1.82, 2.24) is 4.98 Å². The maximum absolute atomic E-state index is 12.1. The molecule has 5 nitrogen and oxygen atoms in total. The summed E-state index contributed by atoms with van der Waals surface area (Å²) >= 11 is 7.11. The van der Waals surface area contributed by atoms with Crippen molar-refractivity contribution in [3.8, 4) is 0 Å². The van der Waals surface area contributed by atoms with Crippen molar-refractivity contribution in [3.63, 3.8) is 0 Å². The first-order chi connectivity index (χ1) is 11.5. The van der Waals surface area contributed by atoms with E-state index in [1.54, 1.807) is 19.1 Å². The molecule has 0 aliphatic carbocycles. The van der Waals surface area contributed by atoms with Crippen molar-refractivity contribution in [1.29, 1.82) is 0 Å². The Balaban J connectivity index is 1.85. The molecule has 0 unspecified atom stereocenters. The van der Waals surface area contributed by atoms with E-state index >= 15 is 0 Å². The molecule has 126 valence electrons. The van der Waals surface area contributed by atoms with Gasteiger partial charge < -0.3 is 10.1 Å². The van der Waals surface area contributed by atoms with E-state index in [-0.39, 0.29) is 0 Å². The first-order valence-corrected chi connectivity index (χ1v) is 8.56. The number of esters is 1. The minimum absolute atomic E-state index is 0.346. The van der Waals surface area contributed by atoms with Crippen LogP contribution in [0.15, 0.2) is 53.6 Å². The van der Waals surface area contributed by atoms with Gasteiger partial charge in [-0.1, -0.05) is 29.8 Å². The minimum atomic E-state index is -0.922. The van der Waals surface area contributed by atoms with Crippen LogP contribution < -0.4 is 5.32 Å². The van der Waals surface area contributed by atoms with E-state index in [1.807, 2.05) is 30.3 Å². The molecule has 0 radical (unpaired) electrons. The summed E-state index contributed by atoms with van der Waals surface area (Å²) in [5.41, 5.74) is 0. The Morgan fingerprint density at radius 2 is 1.88 bits per heavy atom. The lowest BCUT2D eigenvalue weighted by Gasteiger charge is -2.16. The lowest BCUT2D eigenvalue weighted by atomic mass is 10.3. The summed E-state index contributed by atoms with van der Waals surface area (Å²) in [5, 5.41) is 2.62. The monoisotopic (exact) mass is 364 g/mol. The summed E-state index contributed by atoms with van der Waals surface area (Å²) in [6, 6.07) is 12.7. The average Bonchev–Trinajstić information content (AvgIpc) is 2.57. The number of carbonyl (C=O) groups is 2. The fraction of sp³-hybridized carbons (Fsp3) is 0.235. The number of aromatic nitrogens is 1. The third kappa shape index (κ3) is 5.54. The summed E-state index contributed by atoms with van der Waals surface area (Å²) in [6.45, 7) is 3.26. The Labute approximate surface area is 149 Å². The molecule has 1 aromatic heterocycles. The molecule has 2 rings (SSSR count). The van der Waals surface area contributed by atoms with Gasteiger partial charge in [0.15, 0.2) is 6.10 Å². The normalized spacial score (nSPS) is 13.0. The largest absolute Gasteiger partial charge is 0.452 e. The summed E-state index contributed by atoms with van der Waals surface area (Å²) in [5.74, 6) is -0.551. The van der Waals surface area contributed by atoms with E-state index in [0.717, 1.165) is 4.90 Å². The van der Waals surface area contributed by atoms with E-state index in [4.69, 9.17) is 16.3 Å². The lowest BCUT2D eigenvalue weighted by Crippen LogP contribution is -2.32. The van der Waals surface area contributed by atoms with Gasteiger partial charge in [0.25, 0.3) is 5.91 Å². The molecule has 0 aliphatic rings. The van der Waals surface area contributed by atoms with Crippen LogP contribution in [0.2, 0.25) is 5.02 Å². The molecule has 2 atom stereocenters. The van der Waals surface area contributed by atoms with Crippen molar-refractivity contribution in [2.24, 2.45) is 0 Å². The second-order valence-corrected chi connectivity index (χ2v) is 6.85. The molecule has 0 saturated heterocycles. The predicted molar refractivity (Wildman–Crippen MR) is 95.2 cm³/mol. The van der Waals surface area contributed by atoms with Crippen LogP contribution in [-0.2, 0) is 14.3 Å². The SMILES string of the molecule is C[C@@H](OC(=O)[C@@H](C)Sc1ccccc1)C(=O)Nc1ccc(Cl)cn1. The standard InChI is InChI=1S/C17H17ClN2O3S/c1-11(16(21)20-15-9-8-13(18)10-19-15)23-17(22)12(2)24-14-6-4-3-5-7-14/h3-12H,1-2H3,(H,19,20,21)/t11-,12-/m1/s1. The predicted octanol–water partition coefficient (Wildman–Crippen LogP) is 3.79. The number of anilines is 1. The van der Waals surface area contributed by atoms with Gasteiger partial charge in [-0.05, 0) is 38.1 Å². The first-order valence-electron chi connectivity index (χ1n) is 7.30. The van der Waals surface area contributed by atoms with Crippen LogP contribution in [0.1, 0.15) is 13.8 Å². The number of amides is 1. The van der Waals surface area contributed by atoms with E-state index < -0.39 is 23.2 Å². The van der Waals surface area contributed by atoms with Crippen LogP contribution in [-0.4, -0.2) is 28.2 Å². The smallest absolute Gasteiger partial charge is 0.319 e. The van der Waals surface area contributed by atoms with Gasteiger partial charge in [-0.15, -0.1) is 11.8 Å². The zero-order chi connectivity index (χ0) is 17.5. The number of hydrogen-bond donors (Lipinski definition) is 1. The number of carbonyl (C=O) groups excluding carboxylic acids is 2. The third-order valence-electron chi connectivity index (χ3n) is 3.03. The number of halogens is 1. The summed E-state index contributed by atoms with van der Waals surface area (Å²) in [7, 11) is 0. The van der Waals surface area contributed by atoms with Crippen LogP contribution in [0, 0.1) is 0 Å². The first kappa shape index (κ1) is 18.3. The van der Waals surface area contributed by atoms with Gasteiger partial charge >= 0.3 is 5.97 Å². The maximum Gasteiger partial charge on any atom is 0.319 e. The second-order valence-electron chi connectivity index (χ2n) is 5.00. The summed E-state index contributed by atoms with van der Waals surface area (Å²) < 4.78 is 5.22. The van der Waals surface area contributed by atoms with E-state index in [2.05, 4.69) is 10.3 Å². The van der Waals surface area contributed by atoms with E-state index in [0.29, 0.717) is 10.8 Å². The van der Waals surface area contributed by atoms with Crippen LogP contribution in [0.3, 0.4) is 0 Å². The van der Waals surface area contributed by atoms with Crippen molar-refractivity contribution >= 4 is 41.1 Å². The third-order valence-corrected chi connectivity index (χ3v) is 4.34. The number of hydrogen-bond acceptors (Lipinski definition) is 5. The van der Waals surface area contributed by atoms with Gasteiger partial charge in [0, 0.05) is 11.1 Å². The zero-order valence-corrected chi connectivity index (χ0v) is 14.8. The number of pyridine rings is 1.